The van der Waals surface area contributed by atoms with Gasteiger partial charge >= 0.3 is 0 Å². The predicted octanol–water partition coefficient (Wildman–Crippen LogP) is 0.527. The minimum Gasteiger partial charge on any atom is -0.362 e. The van der Waals surface area contributed by atoms with Crippen LogP contribution in [0.4, 0.5) is 0 Å². The van der Waals surface area contributed by atoms with Gasteiger partial charge in [0.1, 0.15) is 6.23 Å². The molecule has 2 rings (SSSR count). The third-order valence-electron chi connectivity index (χ3n) is 3.54. The summed E-state index contributed by atoms with van der Waals surface area (Å²) >= 11 is 0. The summed E-state index contributed by atoms with van der Waals surface area (Å²) < 4.78 is 31.5. The molecule has 0 aliphatic carbocycles. The Balaban J connectivity index is 2.24. The Morgan fingerprint density at radius 2 is 2.12 bits per heavy atom. The molecule has 0 saturated carbocycles. The van der Waals surface area contributed by atoms with E-state index in [1.54, 1.807) is 18.2 Å². The minimum absolute atomic E-state index is 0.257. The molecular formula is C11H22N2O3S. The molecule has 2 aliphatic heterocycles. The minimum atomic E-state index is -3.29. The van der Waals surface area contributed by atoms with Crippen molar-refractivity contribution in [3.63, 3.8) is 0 Å². The molecule has 17 heavy (non-hydrogen) atoms. The van der Waals surface area contributed by atoms with E-state index in [0.717, 1.165) is 19.3 Å². The van der Waals surface area contributed by atoms with E-state index in [4.69, 9.17) is 4.74 Å². The van der Waals surface area contributed by atoms with Crippen LogP contribution in [0, 0.1) is 0 Å². The Morgan fingerprint density at radius 3 is 2.76 bits per heavy atom. The Kier molecular flexibility index (Phi) is 3.77. The topological polar surface area (TPSA) is 58.6 Å². The summed E-state index contributed by atoms with van der Waals surface area (Å²) in [6.07, 6.45) is 2.64. The number of nitrogens with one attached hydrogen (secondary N) is 1. The van der Waals surface area contributed by atoms with Crippen LogP contribution >= 0.6 is 0 Å². The molecular weight excluding hydrogens is 240 g/mol. The van der Waals surface area contributed by atoms with Crippen LogP contribution < -0.4 is 5.32 Å². The molecule has 1 unspecified atom stereocenters. The molecule has 0 aromatic heterocycles. The van der Waals surface area contributed by atoms with Crippen LogP contribution in [0.5, 0.6) is 0 Å². The summed E-state index contributed by atoms with van der Waals surface area (Å²) in [5.41, 5.74) is 0. The second kappa shape index (κ2) is 4.84. The van der Waals surface area contributed by atoms with Crippen molar-refractivity contribution in [3.8, 4) is 0 Å². The maximum absolute atomic E-state index is 12.6. The SMILES string of the molecule is CC1(C)CNCCN(C2CCCCO2)S1(=O)=O. The van der Waals surface area contributed by atoms with E-state index in [2.05, 4.69) is 5.32 Å². The molecule has 1 N–H and O–H groups in total. The summed E-state index contributed by atoms with van der Waals surface area (Å²) in [5, 5.41) is 3.19. The number of nitrogens with zero attached hydrogens (tertiary/aromatic N) is 1. The van der Waals surface area contributed by atoms with E-state index in [9.17, 15) is 8.42 Å². The Morgan fingerprint density at radius 1 is 1.35 bits per heavy atom. The van der Waals surface area contributed by atoms with Crippen LogP contribution in [0.1, 0.15) is 33.1 Å². The van der Waals surface area contributed by atoms with Crippen LogP contribution in [0.15, 0.2) is 0 Å². The zero-order valence-corrected chi connectivity index (χ0v) is 11.4. The monoisotopic (exact) mass is 262 g/mol. The fourth-order valence-corrected chi connectivity index (χ4v) is 4.08. The number of rotatable bonds is 1. The van der Waals surface area contributed by atoms with Gasteiger partial charge in [-0.25, -0.2) is 8.42 Å². The van der Waals surface area contributed by atoms with Gasteiger partial charge in [0.2, 0.25) is 10.0 Å². The van der Waals surface area contributed by atoms with Crippen molar-refractivity contribution in [2.45, 2.75) is 44.1 Å². The lowest BCUT2D eigenvalue weighted by molar-refractivity contribution is -0.0490. The summed E-state index contributed by atoms with van der Waals surface area (Å²) in [7, 11) is -3.29. The van der Waals surface area contributed by atoms with E-state index in [0.29, 0.717) is 26.2 Å². The molecule has 0 aromatic carbocycles. The van der Waals surface area contributed by atoms with Crippen LogP contribution in [0.25, 0.3) is 0 Å². The zero-order valence-electron chi connectivity index (χ0n) is 10.6. The van der Waals surface area contributed by atoms with Gasteiger partial charge in [0.25, 0.3) is 0 Å². The molecule has 0 bridgehead atoms. The highest BCUT2D eigenvalue weighted by molar-refractivity contribution is 7.90. The highest BCUT2D eigenvalue weighted by Crippen LogP contribution is 2.27. The Labute approximate surface area is 104 Å². The molecule has 0 aromatic rings. The third kappa shape index (κ3) is 2.50. The van der Waals surface area contributed by atoms with Gasteiger partial charge in [-0.1, -0.05) is 0 Å². The van der Waals surface area contributed by atoms with Crippen LogP contribution in [-0.4, -0.2) is 49.9 Å². The van der Waals surface area contributed by atoms with Crippen LogP contribution in [0.3, 0.4) is 0 Å². The van der Waals surface area contributed by atoms with Gasteiger partial charge in [-0.15, -0.1) is 0 Å². The molecule has 2 aliphatic rings. The van der Waals surface area contributed by atoms with Gasteiger partial charge in [-0.2, -0.15) is 4.31 Å². The maximum atomic E-state index is 12.6. The molecule has 6 heteroatoms. The lowest BCUT2D eigenvalue weighted by atomic mass is 10.2. The van der Waals surface area contributed by atoms with Crippen molar-refractivity contribution in [2.75, 3.05) is 26.2 Å². The fourth-order valence-electron chi connectivity index (χ4n) is 2.36. The largest absolute Gasteiger partial charge is 0.362 e. The average molecular weight is 262 g/mol. The first-order chi connectivity index (χ1) is 7.95. The van der Waals surface area contributed by atoms with Crippen LogP contribution in [-0.2, 0) is 14.8 Å². The molecule has 0 radical (unpaired) electrons. The van der Waals surface area contributed by atoms with Gasteiger partial charge in [0.05, 0.1) is 4.75 Å². The van der Waals surface area contributed by atoms with Gasteiger partial charge in [0, 0.05) is 26.2 Å². The Bertz CT molecular complexity index is 361. The first-order valence-electron chi connectivity index (χ1n) is 6.29. The fraction of sp³-hybridized carbons (Fsp3) is 1.00. The average Bonchev–Trinajstić information content (AvgIpc) is 2.38. The summed E-state index contributed by atoms with van der Waals surface area (Å²) in [4.78, 5) is 0. The Hall–Kier alpha value is -0.170. The molecule has 100 valence electrons. The van der Waals surface area contributed by atoms with Crippen molar-refractivity contribution >= 4 is 10.0 Å². The van der Waals surface area contributed by atoms with E-state index in [1.165, 1.54) is 0 Å². The smallest absolute Gasteiger partial charge is 0.222 e. The second-order valence-corrected chi connectivity index (χ2v) is 7.90. The van der Waals surface area contributed by atoms with Crippen molar-refractivity contribution in [3.05, 3.63) is 0 Å². The second-order valence-electron chi connectivity index (χ2n) is 5.37. The van der Waals surface area contributed by atoms with Crippen molar-refractivity contribution < 1.29 is 13.2 Å². The van der Waals surface area contributed by atoms with E-state index in [1.807, 2.05) is 0 Å². The summed E-state index contributed by atoms with van der Waals surface area (Å²) in [6, 6.07) is 0. The summed E-state index contributed by atoms with van der Waals surface area (Å²) in [5.74, 6) is 0. The number of ether oxygens (including phenoxy) is 1. The van der Waals surface area contributed by atoms with E-state index in [-0.39, 0.29) is 6.23 Å². The quantitative estimate of drug-likeness (QED) is 0.749. The molecule has 5 nitrogen and oxygen atoms in total. The summed E-state index contributed by atoms with van der Waals surface area (Å²) in [6.45, 7) is 5.93. The van der Waals surface area contributed by atoms with Gasteiger partial charge < -0.3 is 10.1 Å². The van der Waals surface area contributed by atoms with Crippen molar-refractivity contribution in [1.29, 1.82) is 0 Å². The third-order valence-corrected chi connectivity index (χ3v) is 6.12. The normalized spacial score (nSPS) is 34.1. The van der Waals surface area contributed by atoms with Crippen molar-refractivity contribution in [2.24, 2.45) is 0 Å². The van der Waals surface area contributed by atoms with Gasteiger partial charge in [-0.05, 0) is 33.1 Å². The molecule has 0 spiro atoms. The highest BCUT2D eigenvalue weighted by atomic mass is 32.2. The van der Waals surface area contributed by atoms with Crippen LogP contribution in [0.2, 0.25) is 0 Å². The number of hydrogen-bond donors (Lipinski definition) is 1. The first-order valence-corrected chi connectivity index (χ1v) is 7.73. The molecule has 2 heterocycles. The highest BCUT2D eigenvalue weighted by Gasteiger charge is 2.44. The predicted molar refractivity (Wildman–Crippen MR) is 66.2 cm³/mol. The van der Waals surface area contributed by atoms with E-state index < -0.39 is 14.8 Å². The molecule has 0 amide bonds. The van der Waals surface area contributed by atoms with Gasteiger partial charge in [0.15, 0.2) is 0 Å². The van der Waals surface area contributed by atoms with Gasteiger partial charge in [-0.3, -0.25) is 0 Å². The number of hydrogen-bond acceptors (Lipinski definition) is 4. The van der Waals surface area contributed by atoms with E-state index >= 15 is 0 Å². The lowest BCUT2D eigenvalue weighted by Crippen LogP contribution is -2.51. The molecule has 1 atom stereocenters. The molecule has 2 saturated heterocycles. The molecule has 2 fully saturated rings. The lowest BCUT2D eigenvalue weighted by Gasteiger charge is -2.36. The first kappa shape index (κ1) is 13.3. The number of sulfonamides is 1. The zero-order chi connectivity index (χ0) is 12.5. The standard InChI is InChI=1S/C11H22N2O3S/c1-11(2)9-12-6-7-13(17(11,14)15)10-5-3-4-8-16-10/h10,12H,3-9H2,1-2H3. The maximum Gasteiger partial charge on any atom is 0.222 e. The van der Waals surface area contributed by atoms with Crippen molar-refractivity contribution in [1.82, 2.24) is 9.62 Å².